The molecule has 1 amide bonds. The topological polar surface area (TPSA) is 83.6 Å². The molecule has 0 saturated heterocycles. The number of nitrogens with two attached hydrogens (primary N) is 1. The Labute approximate surface area is 177 Å². The van der Waals surface area contributed by atoms with E-state index < -0.39 is 11.7 Å². The molecule has 1 aromatic rings. The van der Waals surface area contributed by atoms with Crippen LogP contribution in [0.1, 0.15) is 126 Å². The molecule has 0 bridgehead atoms. The lowest BCUT2D eigenvalue weighted by Crippen LogP contribution is -2.11. The second-order valence-corrected chi connectivity index (χ2v) is 8.39. The lowest BCUT2D eigenvalue weighted by atomic mass is 10.0. The van der Waals surface area contributed by atoms with Gasteiger partial charge in [0.15, 0.2) is 11.5 Å². The van der Waals surface area contributed by atoms with Crippen LogP contribution in [-0.2, 0) is 6.42 Å². The summed E-state index contributed by atoms with van der Waals surface area (Å²) in [5.74, 6) is -1.33. The van der Waals surface area contributed by atoms with Gasteiger partial charge in [0, 0.05) is 0 Å². The van der Waals surface area contributed by atoms with E-state index in [1.807, 2.05) is 0 Å². The number of rotatable bonds is 18. The zero-order chi connectivity index (χ0) is 21.3. The first-order chi connectivity index (χ1) is 14.1. The molecule has 29 heavy (non-hydrogen) atoms. The summed E-state index contributed by atoms with van der Waals surface area (Å²) in [5.41, 5.74) is 5.81. The highest BCUT2D eigenvalue weighted by Crippen LogP contribution is 2.33. The number of aromatic hydroxyl groups is 2. The number of primary amides is 1. The van der Waals surface area contributed by atoms with Crippen molar-refractivity contribution in [2.24, 2.45) is 5.73 Å². The second kappa shape index (κ2) is 16.1. The number of unbranched alkanes of at least 4 members (excludes halogenated alkanes) is 15. The molecule has 0 aliphatic carbocycles. The predicted molar refractivity (Wildman–Crippen MR) is 122 cm³/mol. The van der Waals surface area contributed by atoms with E-state index in [1.54, 1.807) is 6.07 Å². The molecular formula is C25H43NO3. The normalized spacial score (nSPS) is 11.1. The van der Waals surface area contributed by atoms with Crippen molar-refractivity contribution in [3.05, 3.63) is 23.3 Å². The van der Waals surface area contributed by atoms with Gasteiger partial charge in [-0.05, 0) is 24.5 Å². The third-order valence-electron chi connectivity index (χ3n) is 5.80. The van der Waals surface area contributed by atoms with Gasteiger partial charge in [-0.15, -0.1) is 0 Å². The average Bonchev–Trinajstić information content (AvgIpc) is 2.70. The standard InChI is InChI=1S/C25H43NO3/c1-2-3-4-5-6-7-8-9-10-11-12-13-14-15-16-17-18-21-19-20-22(25(26)29)24(28)23(21)27/h19-20,27-28H,2-18H2,1H3,(H2,26,29). The van der Waals surface area contributed by atoms with Crippen molar-refractivity contribution in [3.8, 4) is 11.5 Å². The van der Waals surface area contributed by atoms with Crippen LogP contribution >= 0.6 is 0 Å². The van der Waals surface area contributed by atoms with Crippen LogP contribution in [0.4, 0.5) is 0 Å². The van der Waals surface area contributed by atoms with E-state index in [4.69, 9.17) is 5.73 Å². The number of phenolic OH excluding ortho intramolecular Hbond substituents is 1. The van der Waals surface area contributed by atoms with Crippen LogP contribution in [0.5, 0.6) is 11.5 Å². The quantitative estimate of drug-likeness (QED) is 0.181. The summed E-state index contributed by atoms with van der Waals surface area (Å²) in [6.07, 6.45) is 21.9. The number of hydrogen-bond acceptors (Lipinski definition) is 3. The summed E-state index contributed by atoms with van der Waals surface area (Å²) in [7, 11) is 0. The van der Waals surface area contributed by atoms with Crippen molar-refractivity contribution in [1.82, 2.24) is 0 Å². The molecule has 166 valence electrons. The predicted octanol–water partition coefficient (Wildman–Crippen LogP) is 7.00. The van der Waals surface area contributed by atoms with Gasteiger partial charge < -0.3 is 15.9 Å². The molecule has 0 aliphatic rings. The molecule has 0 aromatic heterocycles. The van der Waals surface area contributed by atoms with Crippen LogP contribution < -0.4 is 5.73 Å². The van der Waals surface area contributed by atoms with Crippen molar-refractivity contribution >= 4 is 5.91 Å². The Balaban J connectivity index is 1.94. The van der Waals surface area contributed by atoms with Crippen LogP contribution in [0, 0.1) is 0 Å². The van der Waals surface area contributed by atoms with Gasteiger partial charge in [-0.25, -0.2) is 0 Å². The minimum atomic E-state index is -0.730. The Kier molecular flexibility index (Phi) is 14.1. The van der Waals surface area contributed by atoms with Crippen LogP contribution in [0.3, 0.4) is 0 Å². The molecular weight excluding hydrogens is 362 g/mol. The monoisotopic (exact) mass is 405 g/mol. The fourth-order valence-corrected chi connectivity index (χ4v) is 3.89. The first-order valence-electron chi connectivity index (χ1n) is 11.9. The molecule has 0 saturated carbocycles. The number of carbonyl (C=O) groups excluding carboxylic acids is 1. The Bertz CT molecular complexity index is 571. The molecule has 1 rings (SSSR count). The van der Waals surface area contributed by atoms with Crippen molar-refractivity contribution < 1.29 is 15.0 Å². The summed E-state index contributed by atoms with van der Waals surface area (Å²) >= 11 is 0. The number of benzene rings is 1. The summed E-state index contributed by atoms with van der Waals surface area (Å²) in [4.78, 5) is 11.2. The maximum atomic E-state index is 11.2. The minimum absolute atomic E-state index is 0.0294. The van der Waals surface area contributed by atoms with Crippen molar-refractivity contribution in [2.45, 2.75) is 116 Å². The van der Waals surface area contributed by atoms with Gasteiger partial charge in [-0.3, -0.25) is 4.79 Å². The van der Waals surface area contributed by atoms with E-state index in [0.717, 1.165) is 12.8 Å². The second-order valence-electron chi connectivity index (χ2n) is 8.39. The van der Waals surface area contributed by atoms with Gasteiger partial charge in [0.25, 0.3) is 5.91 Å². The van der Waals surface area contributed by atoms with Gasteiger partial charge in [0.1, 0.15) is 0 Å². The molecule has 0 radical (unpaired) electrons. The minimum Gasteiger partial charge on any atom is -0.504 e. The number of phenols is 2. The maximum Gasteiger partial charge on any atom is 0.252 e. The third-order valence-corrected chi connectivity index (χ3v) is 5.80. The fourth-order valence-electron chi connectivity index (χ4n) is 3.89. The number of hydrogen-bond donors (Lipinski definition) is 3. The zero-order valence-electron chi connectivity index (χ0n) is 18.6. The summed E-state index contributed by atoms with van der Waals surface area (Å²) in [6.45, 7) is 2.27. The molecule has 0 spiro atoms. The van der Waals surface area contributed by atoms with E-state index in [2.05, 4.69) is 6.92 Å². The lowest BCUT2D eigenvalue weighted by Gasteiger charge is -2.09. The van der Waals surface area contributed by atoms with Crippen LogP contribution in [0.2, 0.25) is 0 Å². The first kappa shape index (κ1) is 25.3. The molecule has 4 N–H and O–H groups in total. The number of carbonyl (C=O) groups is 1. The molecule has 0 aliphatic heterocycles. The van der Waals surface area contributed by atoms with Crippen LogP contribution in [0.25, 0.3) is 0 Å². The van der Waals surface area contributed by atoms with Gasteiger partial charge >= 0.3 is 0 Å². The van der Waals surface area contributed by atoms with E-state index in [1.165, 1.54) is 96.0 Å². The van der Waals surface area contributed by atoms with E-state index >= 15 is 0 Å². The summed E-state index contributed by atoms with van der Waals surface area (Å²) in [6, 6.07) is 3.17. The Hall–Kier alpha value is -1.71. The largest absolute Gasteiger partial charge is 0.504 e. The highest BCUT2D eigenvalue weighted by molar-refractivity contribution is 5.96. The summed E-state index contributed by atoms with van der Waals surface area (Å²) < 4.78 is 0. The molecule has 4 nitrogen and oxygen atoms in total. The maximum absolute atomic E-state index is 11.2. The van der Waals surface area contributed by atoms with Crippen LogP contribution in [-0.4, -0.2) is 16.1 Å². The molecule has 0 atom stereocenters. The average molecular weight is 406 g/mol. The van der Waals surface area contributed by atoms with Crippen molar-refractivity contribution in [1.29, 1.82) is 0 Å². The van der Waals surface area contributed by atoms with Crippen LogP contribution in [0.15, 0.2) is 12.1 Å². The molecule has 0 fully saturated rings. The fraction of sp³-hybridized carbons (Fsp3) is 0.720. The van der Waals surface area contributed by atoms with Crippen molar-refractivity contribution in [2.75, 3.05) is 0 Å². The van der Waals surface area contributed by atoms with E-state index in [-0.39, 0.29) is 11.3 Å². The van der Waals surface area contributed by atoms with E-state index in [9.17, 15) is 15.0 Å². The van der Waals surface area contributed by atoms with Gasteiger partial charge in [0.05, 0.1) is 5.56 Å². The Morgan fingerprint density at radius 2 is 1.10 bits per heavy atom. The Morgan fingerprint density at radius 1 is 0.690 bits per heavy atom. The smallest absolute Gasteiger partial charge is 0.252 e. The highest BCUT2D eigenvalue weighted by atomic mass is 16.3. The lowest BCUT2D eigenvalue weighted by molar-refractivity contribution is 0.0997. The highest BCUT2D eigenvalue weighted by Gasteiger charge is 2.14. The van der Waals surface area contributed by atoms with E-state index in [0.29, 0.717) is 12.0 Å². The molecule has 4 heteroatoms. The third kappa shape index (κ3) is 11.2. The number of amides is 1. The molecule has 0 unspecified atom stereocenters. The number of aryl methyl sites for hydroxylation is 1. The summed E-state index contributed by atoms with van der Waals surface area (Å²) in [5, 5.41) is 19.8. The SMILES string of the molecule is CCCCCCCCCCCCCCCCCCc1ccc(C(N)=O)c(O)c1O. The molecule has 1 aromatic carbocycles. The van der Waals surface area contributed by atoms with Gasteiger partial charge in [-0.1, -0.05) is 109 Å². The van der Waals surface area contributed by atoms with Gasteiger partial charge in [-0.2, -0.15) is 0 Å². The van der Waals surface area contributed by atoms with Gasteiger partial charge in [0.2, 0.25) is 0 Å². The first-order valence-corrected chi connectivity index (χ1v) is 11.9. The zero-order valence-corrected chi connectivity index (χ0v) is 18.6. The molecule has 0 heterocycles. The van der Waals surface area contributed by atoms with Crippen molar-refractivity contribution in [3.63, 3.8) is 0 Å². The Morgan fingerprint density at radius 3 is 1.52 bits per heavy atom.